The van der Waals surface area contributed by atoms with Gasteiger partial charge in [-0.3, -0.25) is 0 Å². The summed E-state index contributed by atoms with van der Waals surface area (Å²) in [6.07, 6.45) is -9.51. The Morgan fingerprint density at radius 2 is 1.37 bits per heavy atom. The van der Waals surface area contributed by atoms with Crippen LogP contribution in [-0.4, -0.2) is 142 Å². The zero-order valence-corrected chi connectivity index (χ0v) is 26.3. The number of phenols is 2. The minimum absolute atomic E-state index is 0.112. The molecule has 2 heterocycles. The summed E-state index contributed by atoms with van der Waals surface area (Å²) in [7, 11) is 2.69. The Bertz CT molecular complexity index is 1510. The van der Waals surface area contributed by atoms with E-state index < -0.39 is 86.6 Å². The van der Waals surface area contributed by atoms with Crippen LogP contribution < -0.4 is 9.47 Å². The second kappa shape index (κ2) is 16.4. The minimum atomic E-state index is -2.51. The third kappa shape index (κ3) is 8.66. The van der Waals surface area contributed by atoms with E-state index in [2.05, 4.69) is 0 Å². The average molecular weight is 695 g/mol. The lowest BCUT2D eigenvalue weighted by atomic mass is 9.99. The molecule has 0 spiro atoms. The summed E-state index contributed by atoms with van der Waals surface area (Å²) in [4.78, 5) is 25.5. The molecule has 0 radical (unpaired) electrons. The number of rotatable bonds is 13. The van der Waals surface area contributed by atoms with Gasteiger partial charge in [0.05, 0.1) is 20.8 Å². The van der Waals surface area contributed by atoms with E-state index in [0.717, 1.165) is 12.2 Å². The van der Waals surface area contributed by atoms with Crippen LogP contribution >= 0.6 is 0 Å². The zero-order chi connectivity index (χ0) is 35.9. The molecule has 0 unspecified atom stereocenters. The van der Waals surface area contributed by atoms with Gasteiger partial charge in [0, 0.05) is 12.2 Å². The molecule has 8 N–H and O–H groups in total. The molecule has 2 aliphatic rings. The number of hydrogen-bond acceptors (Lipinski definition) is 17. The number of ether oxygens (including phenoxy) is 7. The van der Waals surface area contributed by atoms with Crippen molar-refractivity contribution in [2.75, 3.05) is 34.0 Å². The lowest BCUT2D eigenvalue weighted by molar-refractivity contribution is -0.383. The monoisotopic (exact) mass is 694 g/mol. The maximum Gasteiger partial charge on any atom is 0.331 e. The van der Waals surface area contributed by atoms with Crippen LogP contribution in [0.2, 0.25) is 0 Å². The number of methoxy groups -OCH3 is 2. The molecule has 2 aliphatic heterocycles. The Labute approximate surface area is 279 Å². The first kappa shape index (κ1) is 37.5. The molecule has 2 aromatic rings. The van der Waals surface area contributed by atoms with Gasteiger partial charge in [-0.1, -0.05) is 12.1 Å². The molecule has 9 atom stereocenters. The second-order valence-corrected chi connectivity index (χ2v) is 10.9. The van der Waals surface area contributed by atoms with Crippen LogP contribution in [0.3, 0.4) is 0 Å². The zero-order valence-electron chi connectivity index (χ0n) is 26.3. The van der Waals surface area contributed by atoms with Gasteiger partial charge in [0.2, 0.25) is 5.79 Å². The van der Waals surface area contributed by atoms with Gasteiger partial charge in [-0.25, -0.2) is 9.59 Å². The normalized spacial score (nSPS) is 30.0. The lowest BCUT2D eigenvalue weighted by Crippen LogP contribution is -2.63. The SMILES string of the molecule is COc1cc(/C=C/C(=O)OC[C@@H]2O[C@](CO)(O[C@@H]3O[C@@H](CO)[C@H](O)[C@@H](O)[C@@H]3O)[C@H](OC(=O)/C=C/c3ccc(O)c(OC)c3)[C@H]2O)ccc1O. The Balaban J connectivity index is 1.54. The largest absolute Gasteiger partial charge is 0.504 e. The molecular formula is C32H38O17. The summed E-state index contributed by atoms with van der Waals surface area (Å²) in [6.45, 7) is -2.63. The first-order chi connectivity index (χ1) is 23.4. The highest BCUT2D eigenvalue weighted by Crippen LogP contribution is 2.38. The molecule has 0 amide bonds. The van der Waals surface area contributed by atoms with Gasteiger partial charge in [-0.15, -0.1) is 0 Å². The number of aliphatic hydroxyl groups excluding tert-OH is 6. The molecule has 0 aliphatic carbocycles. The fraction of sp³-hybridized carbons (Fsp3) is 0.438. The maximum absolute atomic E-state index is 13.0. The predicted octanol–water partition coefficient (Wildman–Crippen LogP) is -1.44. The van der Waals surface area contributed by atoms with Gasteiger partial charge in [-0.2, -0.15) is 0 Å². The van der Waals surface area contributed by atoms with Gasteiger partial charge >= 0.3 is 11.9 Å². The van der Waals surface area contributed by atoms with Crippen LogP contribution in [0.15, 0.2) is 48.6 Å². The number of esters is 2. The van der Waals surface area contributed by atoms with Crippen LogP contribution in [0.25, 0.3) is 12.2 Å². The van der Waals surface area contributed by atoms with Crippen molar-refractivity contribution in [1.82, 2.24) is 0 Å². The minimum Gasteiger partial charge on any atom is -0.504 e. The molecule has 17 nitrogen and oxygen atoms in total. The summed E-state index contributed by atoms with van der Waals surface area (Å²) in [5.74, 6) is -4.46. The molecule has 0 aromatic heterocycles. The Kier molecular flexibility index (Phi) is 12.6. The van der Waals surface area contributed by atoms with Gasteiger partial charge in [0.1, 0.15) is 49.8 Å². The van der Waals surface area contributed by atoms with E-state index in [4.69, 9.17) is 33.2 Å². The van der Waals surface area contributed by atoms with Crippen molar-refractivity contribution in [2.45, 2.75) is 54.8 Å². The van der Waals surface area contributed by atoms with Gasteiger partial charge < -0.3 is 74.0 Å². The Hall–Kier alpha value is -4.30. The molecule has 49 heavy (non-hydrogen) atoms. The Morgan fingerprint density at radius 3 is 1.90 bits per heavy atom. The number of carbonyl (C=O) groups is 2. The summed E-state index contributed by atoms with van der Waals surface area (Å²) >= 11 is 0. The van der Waals surface area contributed by atoms with Crippen LogP contribution in [0.1, 0.15) is 11.1 Å². The number of aliphatic hydroxyl groups is 6. The molecule has 0 saturated carbocycles. The smallest absolute Gasteiger partial charge is 0.331 e. The van der Waals surface area contributed by atoms with E-state index in [-0.39, 0.29) is 23.0 Å². The van der Waals surface area contributed by atoms with Gasteiger partial charge in [-0.05, 0) is 47.5 Å². The summed E-state index contributed by atoms with van der Waals surface area (Å²) in [5.41, 5.74) is 0.881. The fourth-order valence-corrected chi connectivity index (χ4v) is 5.06. The molecule has 2 saturated heterocycles. The number of carbonyl (C=O) groups excluding carboxylic acids is 2. The molecule has 0 bridgehead atoms. The fourth-order valence-electron chi connectivity index (χ4n) is 5.06. The van der Waals surface area contributed by atoms with Crippen LogP contribution in [0.5, 0.6) is 23.0 Å². The number of hydrogen-bond donors (Lipinski definition) is 8. The van der Waals surface area contributed by atoms with E-state index in [1.54, 1.807) is 0 Å². The summed E-state index contributed by atoms with van der Waals surface area (Å²) in [6, 6.07) is 8.53. The number of aromatic hydroxyl groups is 2. The maximum atomic E-state index is 13.0. The molecule has 17 heteroatoms. The Morgan fingerprint density at radius 1 is 0.796 bits per heavy atom. The third-order valence-corrected chi connectivity index (χ3v) is 7.72. The van der Waals surface area contributed by atoms with Crippen molar-refractivity contribution in [1.29, 1.82) is 0 Å². The van der Waals surface area contributed by atoms with Gasteiger partial charge in [0.15, 0.2) is 35.4 Å². The van der Waals surface area contributed by atoms with Crippen LogP contribution in [0.4, 0.5) is 0 Å². The number of benzene rings is 2. The van der Waals surface area contributed by atoms with E-state index in [0.29, 0.717) is 11.1 Å². The number of phenolic OH excluding ortho intramolecular Hbond substituents is 2. The molecule has 2 fully saturated rings. The third-order valence-electron chi connectivity index (χ3n) is 7.72. The molecule has 2 aromatic carbocycles. The van der Waals surface area contributed by atoms with Crippen molar-refractivity contribution < 1.29 is 83.6 Å². The van der Waals surface area contributed by atoms with E-state index in [9.17, 15) is 50.4 Å². The van der Waals surface area contributed by atoms with Crippen molar-refractivity contribution in [3.8, 4) is 23.0 Å². The summed E-state index contributed by atoms with van der Waals surface area (Å²) < 4.78 is 37.5. The van der Waals surface area contributed by atoms with Crippen molar-refractivity contribution in [2.24, 2.45) is 0 Å². The lowest BCUT2D eigenvalue weighted by Gasteiger charge is -2.43. The van der Waals surface area contributed by atoms with Crippen molar-refractivity contribution in [3.63, 3.8) is 0 Å². The first-order valence-corrected chi connectivity index (χ1v) is 14.8. The highest BCUT2D eigenvalue weighted by molar-refractivity contribution is 5.88. The highest BCUT2D eigenvalue weighted by atomic mass is 16.8. The summed E-state index contributed by atoms with van der Waals surface area (Å²) in [5, 5.41) is 81.8. The van der Waals surface area contributed by atoms with E-state index in [1.165, 1.54) is 62.8 Å². The van der Waals surface area contributed by atoms with Crippen LogP contribution in [0, 0.1) is 0 Å². The topological polar surface area (TPSA) is 261 Å². The van der Waals surface area contributed by atoms with Crippen molar-refractivity contribution in [3.05, 3.63) is 59.7 Å². The molecular weight excluding hydrogens is 656 g/mol. The van der Waals surface area contributed by atoms with Gasteiger partial charge in [0.25, 0.3) is 0 Å². The predicted molar refractivity (Wildman–Crippen MR) is 164 cm³/mol. The molecule has 268 valence electrons. The standard InChI is InChI=1S/C32H38O17/c1-43-20-11-16(3-7-18(20)35)5-9-24(37)45-14-23-27(40)30(47-25(38)10-6-17-4-8-19(36)21(12-17)44-2)32(15-34,48-23)49-31-29(42)28(41)26(39)22(13-33)46-31/h3-12,22-23,26-31,33-36,39-42H,13-15H2,1-2H3/b9-5+,10-6+/t22-,23-,26-,27-,28+,29-,30+,31-,32+/m0/s1. The quantitative estimate of drug-likeness (QED) is 0.0882. The first-order valence-electron chi connectivity index (χ1n) is 14.8. The van der Waals surface area contributed by atoms with E-state index in [1.807, 2.05) is 0 Å². The van der Waals surface area contributed by atoms with E-state index >= 15 is 0 Å². The molecule has 4 rings (SSSR count). The van der Waals surface area contributed by atoms with Crippen LogP contribution in [-0.2, 0) is 33.3 Å². The second-order valence-electron chi connectivity index (χ2n) is 10.9. The average Bonchev–Trinajstić information content (AvgIpc) is 3.36. The van der Waals surface area contributed by atoms with Crippen molar-refractivity contribution >= 4 is 24.1 Å². The highest BCUT2D eigenvalue weighted by Gasteiger charge is 2.61.